The summed E-state index contributed by atoms with van der Waals surface area (Å²) in [6.45, 7) is 2.65. The van der Waals surface area contributed by atoms with E-state index in [9.17, 15) is 9.59 Å². The van der Waals surface area contributed by atoms with Crippen LogP contribution in [0.2, 0.25) is 0 Å². The summed E-state index contributed by atoms with van der Waals surface area (Å²) >= 11 is 1.52. The number of carbonyl (C=O) groups is 2. The fraction of sp³-hybridized carbons (Fsp3) is 0.200. The number of thiophene rings is 1. The van der Waals surface area contributed by atoms with Gasteiger partial charge in [0.25, 0.3) is 11.8 Å². The molecule has 0 saturated heterocycles. The molecule has 5 rings (SSSR count). The predicted molar refractivity (Wildman–Crippen MR) is 112 cm³/mol. The first-order chi connectivity index (χ1) is 15.1. The van der Waals surface area contributed by atoms with Crippen molar-refractivity contribution < 1.29 is 14.1 Å². The van der Waals surface area contributed by atoms with Gasteiger partial charge in [-0.25, -0.2) is 4.68 Å². The number of fused-ring (bicyclic) bond motifs is 1. The molecule has 1 aliphatic rings. The molecule has 3 aromatic heterocycles. The lowest BCUT2D eigenvalue weighted by Crippen LogP contribution is -2.44. The molecule has 1 aromatic carbocycles. The van der Waals surface area contributed by atoms with Gasteiger partial charge >= 0.3 is 0 Å². The number of hydrogen-bond donors (Lipinski definition) is 1. The minimum absolute atomic E-state index is 0.0820. The Morgan fingerprint density at radius 1 is 1.23 bits per heavy atom. The SMILES string of the molecule is Cc1ccc(NC(=O)CN2CCn3nnc(-c4nc(-c5ccsc5)no4)c3C2=O)cc1. The number of anilines is 1. The molecule has 0 atom stereocenters. The van der Waals surface area contributed by atoms with Gasteiger partial charge in [0.2, 0.25) is 11.7 Å². The molecule has 0 unspecified atom stereocenters. The van der Waals surface area contributed by atoms with Crippen molar-refractivity contribution in [3.63, 3.8) is 0 Å². The fourth-order valence-electron chi connectivity index (χ4n) is 3.28. The zero-order valence-corrected chi connectivity index (χ0v) is 17.3. The Morgan fingerprint density at radius 2 is 2.06 bits per heavy atom. The van der Waals surface area contributed by atoms with Crippen LogP contribution in [-0.2, 0) is 11.3 Å². The van der Waals surface area contributed by atoms with E-state index in [-0.39, 0.29) is 35.6 Å². The molecule has 156 valence electrons. The average Bonchev–Trinajstić information content (AvgIpc) is 3.51. The van der Waals surface area contributed by atoms with Crippen molar-refractivity contribution in [2.75, 3.05) is 18.4 Å². The highest BCUT2D eigenvalue weighted by molar-refractivity contribution is 7.08. The van der Waals surface area contributed by atoms with E-state index in [1.54, 1.807) is 0 Å². The molecule has 0 radical (unpaired) electrons. The Balaban J connectivity index is 1.34. The van der Waals surface area contributed by atoms with Gasteiger partial charge in [-0.1, -0.05) is 28.1 Å². The smallest absolute Gasteiger partial charge is 0.281 e. The molecule has 1 N–H and O–H groups in total. The topological polar surface area (TPSA) is 119 Å². The zero-order valence-electron chi connectivity index (χ0n) is 16.5. The number of amides is 2. The summed E-state index contributed by atoms with van der Waals surface area (Å²) in [6.07, 6.45) is 0. The molecule has 1 aliphatic heterocycles. The quantitative estimate of drug-likeness (QED) is 0.511. The van der Waals surface area contributed by atoms with E-state index in [1.807, 2.05) is 48.0 Å². The van der Waals surface area contributed by atoms with Crippen LogP contribution in [-0.4, -0.2) is 54.9 Å². The number of nitrogens with zero attached hydrogens (tertiary/aromatic N) is 6. The summed E-state index contributed by atoms with van der Waals surface area (Å²) in [5, 5.41) is 18.7. The van der Waals surface area contributed by atoms with E-state index in [1.165, 1.54) is 20.9 Å². The molecule has 31 heavy (non-hydrogen) atoms. The average molecular weight is 435 g/mol. The fourth-order valence-corrected chi connectivity index (χ4v) is 3.92. The monoisotopic (exact) mass is 435 g/mol. The Kier molecular flexibility index (Phi) is 4.79. The molecule has 10 nitrogen and oxygen atoms in total. The minimum Gasteiger partial charge on any atom is -0.332 e. The standard InChI is InChI=1S/C20H17N7O3S/c1-12-2-4-14(5-3-12)21-15(28)10-26-7-8-27-17(20(26)29)16(23-25-27)19-22-18(24-30-19)13-6-9-31-11-13/h2-6,9,11H,7-8,10H2,1H3,(H,21,28). The summed E-state index contributed by atoms with van der Waals surface area (Å²) in [6, 6.07) is 9.34. The molecule has 0 spiro atoms. The molecule has 4 heterocycles. The molecule has 11 heteroatoms. The molecular formula is C20H17N7O3S. The van der Waals surface area contributed by atoms with E-state index >= 15 is 0 Å². The van der Waals surface area contributed by atoms with Crippen LogP contribution in [0.1, 0.15) is 16.1 Å². The van der Waals surface area contributed by atoms with Gasteiger partial charge in [-0.2, -0.15) is 16.3 Å². The molecule has 0 saturated carbocycles. The first-order valence-electron chi connectivity index (χ1n) is 9.54. The van der Waals surface area contributed by atoms with Gasteiger partial charge in [-0.05, 0) is 30.5 Å². The van der Waals surface area contributed by atoms with Crippen molar-refractivity contribution in [3.05, 3.63) is 52.3 Å². The number of rotatable bonds is 5. The third-order valence-electron chi connectivity index (χ3n) is 4.88. The van der Waals surface area contributed by atoms with Gasteiger partial charge in [-0.3, -0.25) is 9.59 Å². The summed E-state index contributed by atoms with van der Waals surface area (Å²) < 4.78 is 6.83. The first kappa shape index (κ1) is 19.1. The molecular weight excluding hydrogens is 418 g/mol. The maximum atomic E-state index is 13.1. The van der Waals surface area contributed by atoms with E-state index in [0.29, 0.717) is 24.6 Å². The van der Waals surface area contributed by atoms with Crippen LogP contribution in [0.3, 0.4) is 0 Å². The summed E-state index contributed by atoms with van der Waals surface area (Å²) in [4.78, 5) is 31.4. The number of aryl methyl sites for hydroxylation is 1. The van der Waals surface area contributed by atoms with Crippen molar-refractivity contribution in [2.24, 2.45) is 0 Å². The third-order valence-corrected chi connectivity index (χ3v) is 5.57. The van der Waals surface area contributed by atoms with Crippen LogP contribution in [0.15, 0.2) is 45.6 Å². The van der Waals surface area contributed by atoms with Crippen LogP contribution >= 0.6 is 11.3 Å². The maximum Gasteiger partial charge on any atom is 0.281 e. The lowest BCUT2D eigenvalue weighted by molar-refractivity contribution is -0.117. The highest BCUT2D eigenvalue weighted by Crippen LogP contribution is 2.26. The molecule has 0 fully saturated rings. The highest BCUT2D eigenvalue weighted by atomic mass is 32.1. The van der Waals surface area contributed by atoms with Crippen LogP contribution < -0.4 is 5.32 Å². The Labute approximate surface area is 180 Å². The van der Waals surface area contributed by atoms with Crippen LogP contribution in [0, 0.1) is 6.92 Å². The Bertz CT molecular complexity index is 1240. The van der Waals surface area contributed by atoms with Gasteiger partial charge in [-0.15, -0.1) is 5.10 Å². The van der Waals surface area contributed by atoms with Gasteiger partial charge in [0.1, 0.15) is 6.54 Å². The van der Waals surface area contributed by atoms with Crippen molar-refractivity contribution in [3.8, 4) is 23.0 Å². The van der Waals surface area contributed by atoms with Crippen LogP contribution in [0.25, 0.3) is 23.0 Å². The number of aromatic nitrogens is 5. The highest BCUT2D eigenvalue weighted by Gasteiger charge is 2.33. The maximum absolute atomic E-state index is 13.1. The van der Waals surface area contributed by atoms with E-state index in [0.717, 1.165) is 11.1 Å². The lowest BCUT2D eigenvalue weighted by Gasteiger charge is -2.26. The largest absolute Gasteiger partial charge is 0.332 e. The second-order valence-electron chi connectivity index (χ2n) is 7.09. The molecule has 2 amide bonds. The molecule has 0 aliphatic carbocycles. The molecule has 0 bridgehead atoms. The predicted octanol–water partition coefficient (Wildman–Crippen LogP) is 2.46. The van der Waals surface area contributed by atoms with Crippen LogP contribution in [0.5, 0.6) is 0 Å². The van der Waals surface area contributed by atoms with Gasteiger partial charge in [0.05, 0.1) is 6.54 Å². The lowest BCUT2D eigenvalue weighted by atomic mass is 10.2. The van der Waals surface area contributed by atoms with Crippen molar-refractivity contribution in [1.29, 1.82) is 0 Å². The minimum atomic E-state index is -0.361. The summed E-state index contributed by atoms with van der Waals surface area (Å²) in [5.41, 5.74) is 3.04. The normalized spacial score (nSPS) is 13.3. The number of benzene rings is 1. The zero-order chi connectivity index (χ0) is 21.4. The third kappa shape index (κ3) is 3.70. The van der Waals surface area contributed by atoms with E-state index in [2.05, 4.69) is 25.8 Å². The van der Waals surface area contributed by atoms with E-state index < -0.39 is 0 Å². The van der Waals surface area contributed by atoms with Gasteiger partial charge in [0, 0.05) is 23.2 Å². The van der Waals surface area contributed by atoms with Gasteiger partial charge < -0.3 is 14.7 Å². The number of carbonyl (C=O) groups excluding carboxylic acids is 2. The van der Waals surface area contributed by atoms with Gasteiger partial charge in [0.15, 0.2) is 11.4 Å². The molecule has 4 aromatic rings. The second kappa shape index (κ2) is 7.76. The number of nitrogens with one attached hydrogen (secondary N) is 1. The van der Waals surface area contributed by atoms with Crippen molar-refractivity contribution in [1.82, 2.24) is 30.0 Å². The summed E-state index contributed by atoms with van der Waals surface area (Å²) in [7, 11) is 0. The Hall–Kier alpha value is -3.86. The van der Waals surface area contributed by atoms with Crippen molar-refractivity contribution in [2.45, 2.75) is 13.5 Å². The second-order valence-corrected chi connectivity index (χ2v) is 7.87. The summed E-state index contributed by atoms with van der Waals surface area (Å²) in [5.74, 6) is -0.116. The van der Waals surface area contributed by atoms with Crippen LogP contribution in [0.4, 0.5) is 5.69 Å². The number of hydrogen-bond acceptors (Lipinski definition) is 8. The van der Waals surface area contributed by atoms with E-state index in [4.69, 9.17) is 4.52 Å². The first-order valence-corrected chi connectivity index (χ1v) is 10.5. The Morgan fingerprint density at radius 3 is 2.84 bits per heavy atom. The van der Waals surface area contributed by atoms with Crippen molar-refractivity contribution >= 4 is 28.8 Å².